The molecule has 0 saturated carbocycles. The van der Waals surface area contributed by atoms with E-state index in [0.29, 0.717) is 22.4 Å². The van der Waals surface area contributed by atoms with Crippen molar-refractivity contribution in [3.63, 3.8) is 0 Å². The van der Waals surface area contributed by atoms with Crippen molar-refractivity contribution < 1.29 is 19.4 Å². The number of fused-ring (bicyclic) bond motifs is 5. The Morgan fingerprint density at radius 3 is 2.60 bits per heavy atom. The number of carbonyl (C=O) groups is 2. The van der Waals surface area contributed by atoms with Gasteiger partial charge in [0.2, 0.25) is 11.3 Å². The first-order chi connectivity index (χ1) is 14.4. The van der Waals surface area contributed by atoms with Gasteiger partial charge in [-0.15, -0.1) is 0 Å². The van der Waals surface area contributed by atoms with E-state index in [4.69, 9.17) is 4.74 Å². The Morgan fingerprint density at radius 2 is 1.87 bits per heavy atom. The lowest BCUT2D eigenvalue weighted by atomic mass is 9.82. The summed E-state index contributed by atoms with van der Waals surface area (Å²) in [5.74, 6) is -2.70. The second-order valence-electron chi connectivity index (χ2n) is 7.79. The molecule has 1 aliphatic carbocycles. The number of ketones is 1. The van der Waals surface area contributed by atoms with Gasteiger partial charge in [0.1, 0.15) is 17.8 Å². The Hall–Kier alpha value is -3.58. The van der Waals surface area contributed by atoms with Gasteiger partial charge in [0, 0.05) is 22.9 Å². The Labute approximate surface area is 172 Å². The minimum atomic E-state index is -2.07. The van der Waals surface area contributed by atoms with E-state index < -0.39 is 23.0 Å². The van der Waals surface area contributed by atoms with E-state index in [-0.39, 0.29) is 11.6 Å². The molecular formula is C23H19N3O4. The molecule has 1 aliphatic heterocycles. The van der Waals surface area contributed by atoms with Crippen LogP contribution in [0, 0.1) is 0 Å². The smallest absolute Gasteiger partial charge is 0.271 e. The molecule has 7 nitrogen and oxygen atoms in total. The predicted molar refractivity (Wildman–Crippen MR) is 107 cm³/mol. The van der Waals surface area contributed by atoms with E-state index >= 15 is 0 Å². The third-order valence-corrected chi connectivity index (χ3v) is 5.82. The molecule has 0 saturated heterocycles. The number of aromatic nitrogens is 2. The number of rotatable bonds is 3. The Bertz CT molecular complexity index is 1190. The highest BCUT2D eigenvalue weighted by atomic mass is 16.6. The van der Waals surface area contributed by atoms with E-state index in [9.17, 15) is 14.7 Å². The Kier molecular flexibility index (Phi) is 3.82. The van der Waals surface area contributed by atoms with Crippen LogP contribution in [-0.4, -0.2) is 26.8 Å². The first-order valence-corrected chi connectivity index (χ1v) is 9.68. The fraction of sp³-hybridized carbons (Fsp3) is 0.217. The van der Waals surface area contributed by atoms with Crippen LogP contribution in [0.1, 0.15) is 57.3 Å². The van der Waals surface area contributed by atoms with Crippen LogP contribution < -0.4 is 10.1 Å². The molecular weight excluding hydrogens is 382 g/mol. The number of hydrogen-bond donors (Lipinski definition) is 2. The molecule has 2 unspecified atom stereocenters. The van der Waals surface area contributed by atoms with Crippen molar-refractivity contribution in [3.05, 3.63) is 89.0 Å². The largest absolute Gasteiger partial charge is 0.454 e. The van der Waals surface area contributed by atoms with E-state index in [1.165, 1.54) is 18.6 Å². The van der Waals surface area contributed by atoms with Gasteiger partial charge in [-0.3, -0.25) is 9.59 Å². The third kappa shape index (κ3) is 2.18. The van der Waals surface area contributed by atoms with Crippen molar-refractivity contribution in [1.29, 1.82) is 0 Å². The van der Waals surface area contributed by atoms with Crippen LogP contribution >= 0.6 is 0 Å². The molecule has 150 valence electrons. The quantitative estimate of drug-likeness (QED) is 0.700. The van der Waals surface area contributed by atoms with E-state index in [2.05, 4.69) is 15.3 Å². The second kappa shape index (κ2) is 6.21. The lowest BCUT2D eigenvalue weighted by Crippen LogP contribution is -2.60. The monoisotopic (exact) mass is 401 g/mol. The molecule has 2 N–H and O–H groups in total. The number of para-hydroxylation sites is 1. The van der Waals surface area contributed by atoms with Crippen LogP contribution in [0.15, 0.2) is 61.1 Å². The highest BCUT2D eigenvalue weighted by molar-refractivity contribution is 6.14. The Balaban J connectivity index is 1.76. The van der Waals surface area contributed by atoms with Crippen LogP contribution in [0.2, 0.25) is 0 Å². The van der Waals surface area contributed by atoms with Crippen LogP contribution in [0.4, 0.5) is 0 Å². The minimum absolute atomic E-state index is 0.0381. The van der Waals surface area contributed by atoms with Gasteiger partial charge in [-0.25, -0.2) is 9.97 Å². The second-order valence-corrected chi connectivity index (χ2v) is 7.79. The van der Waals surface area contributed by atoms with Crippen molar-refractivity contribution in [2.45, 2.75) is 31.1 Å². The van der Waals surface area contributed by atoms with Gasteiger partial charge in [-0.05, 0) is 23.6 Å². The molecule has 1 amide bonds. The number of nitrogens with zero attached hydrogens (tertiary/aromatic N) is 2. The van der Waals surface area contributed by atoms with Gasteiger partial charge in [0.05, 0.1) is 0 Å². The fourth-order valence-corrected chi connectivity index (χ4v) is 4.46. The molecule has 0 fully saturated rings. The number of amides is 1. The van der Waals surface area contributed by atoms with Crippen LogP contribution in [0.5, 0.6) is 5.75 Å². The highest BCUT2D eigenvalue weighted by Crippen LogP contribution is 2.58. The third-order valence-electron chi connectivity index (χ3n) is 5.82. The molecule has 1 aromatic heterocycles. The number of ether oxygens (including phenoxy) is 1. The first kappa shape index (κ1) is 18.4. The number of nitrogens with one attached hydrogen (secondary N) is 1. The summed E-state index contributed by atoms with van der Waals surface area (Å²) in [7, 11) is 0. The topological polar surface area (TPSA) is 101 Å². The maximum atomic E-state index is 14.0. The van der Waals surface area contributed by atoms with Crippen molar-refractivity contribution in [2.24, 2.45) is 0 Å². The van der Waals surface area contributed by atoms with Crippen LogP contribution in [0.3, 0.4) is 0 Å². The molecule has 0 spiro atoms. The summed E-state index contributed by atoms with van der Waals surface area (Å²) in [6, 6.07) is 13.6. The maximum Gasteiger partial charge on any atom is 0.271 e. The molecule has 2 aromatic carbocycles. The van der Waals surface area contributed by atoms with E-state index in [1.54, 1.807) is 36.4 Å². The van der Waals surface area contributed by atoms with Gasteiger partial charge >= 0.3 is 0 Å². The zero-order valence-corrected chi connectivity index (χ0v) is 16.4. The van der Waals surface area contributed by atoms with Crippen molar-refractivity contribution in [1.82, 2.24) is 15.3 Å². The average molecular weight is 401 g/mol. The lowest BCUT2D eigenvalue weighted by Gasteiger charge is -2.34. The van der Waals surface area contributed by atoms with Crippen molar-refractivity contribution in [3.8, 4) is 5.75 Å². The molecule has 5 rings (SSSR count). The number of carbonyl (C=O) groups excluding carboxylic acids is 2. The first-order valence-electron chi connectivity index (χ1n) is 9.68. The van der Waals surface area contributed by atoms with Crippen molar-refractivity contribution >= 4 is 11.7 Å². The SMILES string of the molecule is CC(C)c1cccc2c1C(=O)C1(NC(=O)c3ccncn3)c3ccccc3OC21O. The van der Waals surface area contributed by atoms with E-state index in [0.717, 1.165) is 5.56 Å². The normalized spacial score (nSPS) is 23.5. The Morgan fingerprint density at radius 1 is 1.10 bits per heavy atom. The molecule has 0 bridgehead atoms. The fourth-order valence-electron chi connectivity index (χ4n) is 4.46. The van der Waals surface area contributed by atoms with Crippen LogP contribution in [-0.2, 0) is 11.3 Å². The number of hydrogen-bond acceptors (Lipinski definition) is 6. The molecule has 30 heavy (non-hydrogen) atoms. The number of benzene rings is 2. The molecule has 2 atom stereocenters. The minimum Gasteiger partial charge on any atom is -0.454 e. The molecule has 0 radical (unpaired) electrons. The lowest BCUT2D eigenvalue weighted by molar-refractivity contribution is -0.169. The van der Waals surface area contributed by atoms with Gasteiger partial charge in [-0.1, -0.05) is 50.2 Å². The molecule has 2 aliphatic rings. The van der Waals surface area contributed by atoms with E-state index in [1.807, 2.05) is 19.9 Å². The van der Waals surface area contributed by atoms with Gasteiger partial charge < -0.3 is 15.2 Å². The zero-order valence-electron chi connectivity index (χ0n) is 16.4. The molecule has 2 heterocycles. The number of Topliss-reactive ketones (excluding diaryl/α,β-unsaturated/α-hetero) is 1. The zero-order chi connectivity index (χ0) is 21.1. The number of aliphatic hydroxyl groups is 1. The molecule has 7 heteroatoms. The van der Waals surface area contributed by atoms with Crippen LogP contribution in [0.25, 0.3) is 0 Å². The highest BCUT2D eigenvalue weighted by Gasteiger charge is 2.72. The average Bonchev–Trinajstić information content (AvgIpc) is 3.12. The summed E-state index contributed by atoms with van der Waals surface area (Å²) in [5.41, 5.74) is 0.186. The standard InChI is InChI=1S/C23H19N3O4/c1-13(2)14-6-5-8-16-19(14)20(27)22(26-21(28)17-10-11-24-12-25-17)15-7-3-4-9-18(15)30-23(16,22)29/h3-13,29H,1-2H3,(H,26,28). The molecule has 3 aromatic rings. The maximum absolute atomic E-state index is 14.0. The summed E-state index contributed by atoms with van der Waals surface area (Å²) in [4.78, 5) is 34.9. The summed E-state index contributed by atoms with van der Waals surface area (Å²) < 4.78 is 5.98. The van der Waals surface area contributed by atoms with Gasteiger partial charge in [-0.2, -0.15) is 0 Å². The van der Waals surface area contributed by atoms with Gasteiger partial charge in [0.25, 0.3) is 11.7 Å². The van der Waals surface area contributed by atoms with Crippen molar-refractivity contribution in [2.75, 3.05) is 0 Å². The summed E-state index contributed by atoms with van der Waals surface area (Å²) >= 11 is 0. The summed E-state index contributed by atoms with van der Waals surface area (Å²) in [6.45, 7) is 3.95. The summed E-state index contributed by atoms with van der Waals surface area (Å²) in [6.07, 6.45) is 2.69. The van der Waals surface area contributed by atoms with Gasteiger partial charge in [0.15, 0.2) is 0 Å². The predicted octanol–water partition coefficient (Wildman–Crippen LogP) is 2.66. The summed E-state index contributed by atoms with van der Waals surface area (Å²) in [5, 5.41) is 14.6.